The summed E-state index contributed by atoms with van der Waals surface area (Å²) in [7, 11) is 0. The van der Waals surface area contributed by atoms with Crippen molar-refractivity contribution in [2.45, 2.75) is 6.54 Å². The summed E-state index contributed by atoms with van der Waals surface area (Å²) in [6.07, 6.45) is 0. The summed E-state index contributed by atoms with van der Waals surface area (Å²) in [5, 5.41) is 4.97. The van der Waals surface area contributed by atoms with Crippen molar-refractivity contribution in [3.8, 4) is 11.3 Å². The Bertz CT molecular complexity index is 1110. The minimum atomic E-state index is -0.357. The molecule has 154 valence electrons. The third-order valence-corrected chi connectivity index (χ3v) is 5.44. The number of para-hydroxylation sites is 1. The van der Waals surface area contributed by atoms with Crippen LogP contribution in [0.1, 0.15) is 0 Å². The number of hydrogen-bond donors (Lipinski definition) is 0. The number of piperazine rings is 1. The molecule has 1 aliphatic heterocycles. The lowest BCUT2D eigenvalue weighted by atomic mass is 10.1. The van der Waals surface area contributed by atoms with Crippen LogP contribution in [-0.4, -0.2) is 46.8 Å². The van der Waals surface area contributed by atoms with Crippen molar-refractivity contribution >= 4 is 23.2 Å². The van der Waals surface area contributed by atoms with Gasteiger partial charge in [0.2, 0.25) is 5.91 Å². The van der Waals surface area contributed by atoms with Crippen molar-refractivity contribution in [1.82, 2.24) is 14.7 Å². The van der Waals surface area contributed by atoms with E-state index in [1.54, 1.807) is 23.1 Å². The van der Waals surface area contributed by atoms with Crippen LogP contribution in [0.15, 0.2) is 65.5 Å². The largest absolute Gasteiger partial charge is 0.367 e. The molecule has 3 aromatic rings. The number of benzene rings is 2. The van der Waals surface area contributed by atoms with Gasteiger partial charge in [0.1, 0.15) is 12.4 Å². The standard InChI is InChI=1S/C22H20ClFN4O2/c23-18-3-1-2-4-20(18)26-11-13-27(14-12-26)22(30)15-28-21(29)10-9-19(25-28)16-5-7-17(24)8-6-16/h1-10H,11-15H2. The fourth-order valence-corrected chi connectivity index (χ4v) is 3.73. The molecule has 0 atom stereocenters. The molecule has 1 aliphatic rings. The molecular formula is C22H20ClFN4O2. The van der Waals surface area contributed by atoms with Gasteiger partial charge in [0, 0.05) is 37.8 Å². The van der Waals surface area contributed by atoms with E-state index >= 15 is 0 Å². The Kier molecular flexibility index (Phi) is 5.81. The van der Waals surface area contributed by atoms with E-state index in [1.807, 2.05) is 24.3 Å². The van der Waals surface area contributed by atoms with E-state index in [9.17, 15) is 14.0 Å². The zero-order valence-electron chi connectivity index (χ0n) is 16.2. The quantitative estimate of drug-likeness (QED) is 0.643. The summed E-state index contributed by atoms with van der Waals surface area (Å²) < 4.78 is 14.3. The van der Waals surface area contributed by atoms with Gasteiger partial charge < -0.3 is 9.80 Å². The maximum absolute atomic E-state index is 13.1. The van der Waals surface area contributed by atoms with Crippen LogP contribution in [0, 0.1) is 5.82 Å². The summed E-state index contributed by atoms with van der Waals surface area (Å²) in [6, 6.07) is 16.4. The summed E-state index contributed by atoms with van der Waals surface area (Å²) >= 11 is 6.27. The molecule has 2 aromatic carbocycles. The molecule has 1 aromatic heterocycles. The third-order valence-electron chi connectivity index (χ3n) is 5.12. The van der Waals surface area contributed by atoms with Gasteiger partial charge in [0.05, 0.1) is 16.4 Å². The van der Waals surface area contributed by atoms with E-state index in [1.165, 1.54) is 18.2 Å². The fourth-order valence-electron chi connectivity index (χ4n) is 3.47. The van der Waals surface area contributed by atoms with Crippen molar-refractivity contribution in [3.63, 3.8) is 0 Å². The van der Waals surface area contributed by atoms with Crippen molar-refractivity contribution in [2.75, 3.05) is 31.1 Å². The molecule has 2 heterocycles. The molecule has 0 spiro atoms. The highest BCUT2D eigenvalue weighted by atomic mass is 35.5. The topological polar surface area (TPSA) is 58.4 Å². The Morgan fingerprint density at radius 1 is 0.967 bits per heavy atom. The van der Waals surface area contributed by atoms with E-state index in [-0.39, 0.29) is 23.8 Å². The molecule has 8 heteroatoms. The Hall–Kier alpha value is -3.19. The van der Waals surface area contributed by atoms with Gasteiger partial charge in [-0.1, -0.05) is 23.7 Å². The van der Waals surface area contributed by atoms with E-state index in [0.29, 0.717) is 42.5 Å². The second-order valence-electron chi connectivity index (χ2n) is 7.04. The van der Waals surface area contributed by atoms with Crippen LogP contribution >= 0.6 is 11.6 Å². The van der Waals surface area contributed by atoms with E-state index < -0.39 is 0 Å². The van der Waals surface area contributed by atoms with Crippen LogP contribution in [0.3, 0.4) is 0 Å². The Labute approximate surface area is 178 Å². The first-order valence-electron chi connectivity index (χ1n) is 9.62. The second kappa shape index (κ2) is 8.67. The van der Waals surface area contributed by atoms with E-state index in [0.717, 1.165) is 10.4 Å². The molecular weight excluding hydrogens is 407 g/mol. The molecule has 0 bridgehead atoms. The smallest absolute Gasteiger partial charge is 0.267 e. The van der Waals surface area contributed by atoms with Gasteiger partial charge in [-0.15, -0.1) is 0 Å². The van der Waals surface area contributed by atoms with Crippen LogP contribution in [0.5, 0.6) is 0 Å². The molecule has 0 unspecified atom stereocenters. The predicted octanol–water partition coefficient (Wildman–Crippen LogP) is 3.05. The maximum atomic E-state index is 13.1. The van der Waals surface area contributed by atoms with Gasteiger partial charge in [0.15, 0.2) is 0 Å². The first-order valence-corrected chi connectivity index (χ1v) is 10.0. The molecule has 1 amide bonds. The van der Waals surface area contributed by atoms with Gasteiger partial charge in [-0.05, 0) is 42.5 Å². The predicted molar refractivity (Wildman–Crippen MR) is 114 cm³/mol. The minimum absolute atomic E-state index is 0.139. The number of amides is 1. The minimum Gasteiger partial charge on any atom is -0.367 e. The molecule has 30 heavy (non-hydrogen) atoms. The number of hydrogen-bond acceptors (Lipinski definition) is 4. The van der Waals surface area contributed by atoms with Gasteiger partial charge in [0.25, 0.3) is 5.56 Å². The first kappa shape index (κ1) is 20.1. The molecule has 4 rings (SSSR count). The summed E-state index contributed by atoms with van der Waals surface area (Å²) in [5.74, 6) is -0.516. The van der Waals surface area contributed by atoms with Gasteiger partial charge >= 0.3 is 0 Å². The summed E-state index contributed by atoms with van der Waals surface area (Å²) in [5.41, 5.74) is 1.77. The van der Waals surface area contributed by atoms with Gasteiger partial charge in [-0.3, -0.25) is 9.59 Å². The average molecular weight is 427 g/mol. The zero-order chi connectivity index (χ0) is 21.1. The fraction of sp³-hybridized carbons (Fsp3) is 0.227. The van der Waals surface area contributed by atoms with Crippen LogP contribution < -0.4 is 10.5 Å². The Morgan fingerprint density at radius 2 is 1.67 bits per heavy atom. The SMILES string of the molecule is O=C(Cn1nc(-c2ccc(F)cc2)ccc1=O)N1CCN(c2ccccc2Cl)CC1. The van der Waals surface area contributed by atoms with E-state index in [2.05, 4.69) is 10.00 Å². The number of carbonyl (C=O) groups is 1. The Morgan fingerprint density at radius 3 is 2.37 bits per heavy atom. The third kappa shape index (κ3) is 4.36. The number of rotatable bonds is 4. The molecule has 0 saturated carbocycles. The monoisotopic (exact) mass is 426 g/mol. The zero-order valence-corrected chi connectivity index (χ0v) is 16.9. The average Bonchev–Trinajstić information content (AvgIpc) is 2.76. The number of halogens is 2. The summed E-state index contributed by atoms with van der Waals surface area (Å²) in [6.45, 7) is 2.26. The lowest BCUT2D eigenvalue weighted by Crippen LogP contribution is -2.50. The second-order valence-corrected chi connectivity index (χ2v) is 7.45. The van der Waals surface area contributed by atoms with Crippen LogP contribution in [0.4, 0.5) is 10.1 Å². The van der Waals surface area contributed by atoms with Gasteiger partial charge in [-0.25, -0.2) is 9.07 Å². The highest BCUT2D eigenvalue weighted by molar-refractivity contribution is 6.33. The Balaban J connectivity index is 1.43. The highest BCUT2D eigenvalue weighted by Gasteiger charge is 2.23. The molecule has 0 radical (unpaired) electrons. The number of nitrogens with zero attached hydrogens (tertiary/aromatic N) is 4. The first-order chi connectivity index (χ1) is 14.5. The molecule has 6 nitrogen and oxygen atoms in total. The number of carbonyl (C=O) groups excluding carboxylic acids is 1. The van der Waals surface area contributed by atoms with Crippen molar-refractivity contribution in [2.24, 2.45) is 0 Å². The molecule has 0 N–H and O–H groups in total. The maximum Gasteiger partial charge on any atom is 0.267 e. The van der Waals surface area contributed by atoms with Crippen LogP contribution in [0.2, 0.25) is 5.02 Å². The normalized spacial score (nSPS) is 14.1. The number of anilines is 1. The molecule has 0 aliphatic carbocycles. The lowest BCUT2D eigenvalue weighted by molar-refractivity contribution is -0.132. The highest BCUT2D eigenvalue weighted by Crippen LogP contribution is 2.26. The molecule has 1 saturated heterocycles. The van der Waals surface area contributed by atoms with Crippen molar-refractivity contribution < 1.29 is 9.18 Å². The van der Waals surface area contributed by atoms with Crippen molar-refractivity contribution in [3.05, 3.63) is 81.9 Å². The molecule has 1 fully saturated rings. The van der Waals surface area contributed by atoms with Crippen LogP contribution in [-0.2, 0) is 11.3 Å². The van der Waals surface area contributed by atoms with Crippen molar-refractivity contribution in [1.29, 1.82) is 0 Å². The number of aromatic nitrogens is 2. The lowest BCUT2D eigenvalue weighted by Gasteiger charge is -2.36. The summed E-state index contributed by atoms with van der Waals surface area (Å²) in [4.78, 5) is 28.8. The van der Waals surface area contributed by atoms with Crippen LogP contribution in [0.25, 0.3) is 11.3 Å². The van der Waals surface area contributed by atoms with E-state index in [4.69, 9.17) is 11.6 Å². The van der Waals surface area contributed by atoms with Gasteiger partial charge in [-0.2, -0.15) is 5.10 Å².